The van der Waals surface area contributed by atoms with Crippen LogP contribution in [0.5, 0.6) is 0 Å². The maximum atomic E-state index is 8.92. The number of pyridine rings is 1. The lowest BCUT2D eigenvalue weighted by atomic mass is 10.2. The van der Waals surface area contributed by atoms with Crippen LogP contribution in [0, 0.1) is 0 Å². The van der Waals surface area contributed by atoms with Crippen LogP contribution in [0.25, 0.3) is 5.52 Å². The summed E-state index contributed by atoms with van der Waals surface area (Å²) in [6.45, 7) is 2.14. The summed E-state index contributed by atoms with van der Waals surface area (Å²) >= 11 is 0. The third-order valence-corrected chi connectivity index (χ3v) is 2.12. The molecule has 3 heteroatoms. The maximum absolute atomic E-state index is 8.92. The van der Waals surface area contributed by atoms with Gasteiger partial charge in [-0.3, -0.25) is 0 Å². The van der Waals surface area contributed by atoms with Crippen molar-refractivity contribution in [2.24, 2.45) is 0 Å². The molecule has 0 radical (unpaired) electrons. The van der Waals surface area contributed by atoms with Crippen LogP contribution in [0.3, 0.4) is 0 Å². The zero-order valence-corrected chi connectivity index (χ0v) is 7.57. The van der Waals surface area contributed by atoms with Crippen molar-refractivity contribution in [3.05, 3.63) is 35.7 Å². The van der Waals surface area contributed by atoms with Crippen molar-refractivity contribution in [1.82, 2.24) is 9.61 Å². The van der Waals surface area contributed by atoms with Crippen LogP contribution in [-0.2, 0) is 13.0 Å². The van der Waals surface area contributed by atoms with Crippen molar-refractivity contribution in [3.8, 4) is 0 Å². The molecule has 0 aliphatic carbocycles. The molecule has 1 N–H and O–H groups in total. The Balaban J connectivity index is 2.57. The Morgan fingerprint density at radius 1 is 1.46 bits per heavy atom. The molecule has 2 aromatic heterocycles. The monoisotopic (exact) mass is 176 g/mol. The smallest absolute Gasteiger partial charge is 0.0696 e. The highest BCUT2D eigenvalue weighted by molar-refractivity contribution is 5.48. The quantitative estimate of drug-likeness (QED) is 0.750. The minimum absolute atomic E-state index is 0.0667. The SMILES string of the molecule is CCc1cc2ccc(CO)cn2n1. The number of aryl methyl sites for hydroxylation is 1. The molecule has 68 valence electrons. The Bertz CT molecular complexity index is 418. The van der Waals surface area contributed by atoms with Crippen LogP contribution >= 0.6 is 0 Å². The average Bonchev–Trinajstić information content (AvgIpc) is 2.58. The fourth-order valence-corrected chi connectivity index (χ4v) is 1.35. The first-order chi connectivity index (χ1) is 6.33. The molecule has 13 heavy (non-hydrogen) atoms. The Morgan fingerprint density at radius 3 is 3.00 bits per heavy atom. The molecule has 2 heterocycles. The Labute approximate surface area is 76.6 Å². The van der Waals surface area contributed by atoms with Crippen LogP contribution in [0.2, 0.25) is 0 Å². The summed E-state index contributed by atoms with van der Waals surface area (Å²) in [4.78, 5) is 0. The van der Waals surface area contributed by atoms with E-state index in [2.05, 4.69) is 18.1 Å². The van der Waals surface area contributed by atoms with Gasteiger partial charge in [0.15, 0.2) is 0 Å². The topological polar surface area (TPSA) is 37.5 Å². The second-order valence-electron chi connectivity index (χ2n) is 3.05. The number of hydrogen-bond acceptors (Lipinski definition) is 2. The van der Waals surface area contributed by atoms with Crippen molar-refractivity contribution >= 4 is 5.52 Å². The van der Waals surface area contributed by atoms with E-state index in [0.29, 0.717) is 0 Å². The molecule has 0 fully saturated rings. The third kappa shape index (κ3) is 1.42. The van der Waals surface area contributed by atoms with Crippen molar-refractivity contribution in [1.29, 1.82) is 0 Å². The fourth-order valence-electron chi connectivity index (χ4n) is 1.35. The zero-order valence-electron chi connectivity index (χ0n) is 7.57. The lowest BCUT2D eigenvalue weighted by Gasteiger charge is -1.96. The van der Waals surface area contributed by atoms with E-state index in [1.807, 2.05) is 22.8 Å². The Hall–Kier alpha value is -1.35. The van der Waals surface area contributed by atoms with Gasteiger partial charge in [0, 0.05) is 6.20 Å². The first kappa shape index (κ1) is 8.26. The number of fused-ring (bicyclic) bond motifs is 1. The molecule has 0 atom stereocenters. The molecule has 0 aromatic carbocycles. The van der Waals surface area contributed by atoms with Crippen molar-refractivity contribution in [3.63, 3.8) is 0 Å². The number of aliphatic hydroxyl groups is 1. The maximum Gasteiger partial charge on any atom is 0.0696 e. The van der Waals surface area contributed by atoms with Crippen LogP contribution in [0.1, 0.15) is 18.2 Å². The normalized spacial score (nSPS) is 10.9. The van der Waals surface area contributed by atoms with E-state index in [0.717, 1.165) is 23.2 Å². The van der Waals surface area contributed by atoms with E-state index in [-0.39, 0.29) is 6.61 Å². The lowest BCUT2D eigenvalue weighted by Crippen LogP contribution is -1.91. The first-order valence-electron chi connectivity index (χ1n) is 4.41. The van der Waals surface area contributed by atoms with Gasteiger partial charge in [-0.2, -0.15) is 5.10 Å². The van der Waals surface area contributed by atoms with Gasteiger partial charge in [0.2, 0.25) is 0 Å². The van der Waals surface area contributed by atoms with E-state index in [1.165, 1.54) is 0 Å². The first-order valence-corrected chi connectivity index (χ1v) is 4.41. The van der Waals surface area contributed by atoms with Crippen LogP contribution in [0.15, 0.2) is 24.4 Å². The predicted molar refractivity (Wildman–Crippen MR) is 50.5 cm³/mol. The van der Waals surface area contributed by atoms with Gasteiger partial charge in [-0.15, -0.1) is 0 Å². The second-order valence-corrected chi connectivity index (χ2v) is 3.05. The van der Waals surface area contributed by atoms with Gasteiger partial charge < -0.3 is 5.11 Å². The minimum atomic E-state index is 0.0667. The molecule has 3 nitrogen and oxygen atoms in total. The number of rotatable bonds is 2. The zero-order chi connectivity index (χ0) is 9.26. The van der Waals surface area contributed by atoms with Crippen LogP contribution in [-0.4, -0.2) is 14.7 Å². The van der Waals surface area contributed by atoms with Crippen molar-refractivity contribution in [2.45, 2.75) is 20.0 Å². The lowest BCUT2D eigenvalue weighted by molar-refractivity contribution is 0.281. The molecule has 2 aromatic rings. The molecule has 0 amide bonds. The number of nitrogens with zero attached hydrogens (tertiary/aromatic N) is 2. The van der Waals surface area contributed by atoms with Gasteiger partial charge in [0.1, 0.15) is 0 Å². The van der Waals surface area contributed by atoms with Gasteiger partial charge >= 0.3 is 0 Å². The molecule has 0 aliphatic rings. The van der Waals surface area contributed by atoms with Gasteiger partial charge in [-0.25, -0.2) is 4.52 Å². The van der Waals surface area contributed by atoms with Gasteiger partial charge in [-0.05, 0) is 24.1 Å². The molecule has 0 saturated carbocycles. The number of hydrogen-bond donors (Lipinski definition) is 1. The summed E-state index contributed by atoms with van der Waals surface area (Å²) in [6, 6.07) is 5.94. The summed E-state index contributed by atoms with van der Waals surface area (Å²) in [5, 5.41) is 13.3. The average molecular weight is 176 g/mol. The van der Waals surface area contributed by atoms with E-state index in [1.54, 1.807) is 0 Å². The summed E-state index contributed by atoms with van der Waals surface area (Å²) in [6.07, 6.45) is 2.80. The predicted octanol–water partition coefficient (Wildman–Crippen LogP) is 1.39. The Morgan fingerprint density at radius 2 is 2.31 bits per heavy atom. The molecule has 0 bridgehead atoms. The van der Waals surface area contributed by atoms with Gasteiger partial charge in [0.05, 0.1) is 17.8 Å². The highest BCUT2D eigenvalue weighted by Gasteiger charge is 1.99. The van der Waals surface area contributed by atoms with Gasteiger partial charge in [-0.1, -0.05) is 13.0 Å². The largest absolute Gasteiger partial charge is 0.392 e. The fraction of sp³-hybridized carbons (Fsp3) is 0.300. The minimum Gasteiger partial charge on any atom is -0.392 e. The van der Waals surface area contributed by atoms with E-state index >= 15 is 0 Å². The second kappa shape index (κ2) is 3.18. The molecule has 2 rings (SSSR count). The van der Waals surface area contributed by atoms with E-state index < -0.39 is 0 Å². The molecular formula is C10H12N2O. The number of aliphatic hydroxyl groups excluding tert-OH is 1. The number of aromatic nitrogens is 2. The van der Waals surface area contributed by atoms with E-state index in [9.17, 15) is 0 Å². The van der Waals surface area contributed by atoms with E-state index in [4.69, 9.17) is 5.11 Å². The molecule has 0 unspecified atom stereocenters. The third-order valence-electron chi connectivity index (χ3n) is 2.12. The van der Waals surface area contributed by atoms with Crippen molar-refractivity contribution < 1.29 is 5.11 Å². The molecular weight excluding hydrogens is 164 g/mol. The van der Waals surface area contributed by atoms with Gasteiger partial charge in [0.25, 0.3) is 0 Å². The van der Waals surface area contributed by atoms with Crippen LogP contribution < -0.4 is 0 Å². The highest BCUT2D eigenvalue weighted by Crippen LogP contribution is 2.08. The highest BCUT2D eigenvalue weighted by atomic mass is 16.3. The van der Waals surface area contributed by atoms with Crippen molar-refractivity contribution in [2.75, 3.05) is 0 Å². The summed E-state index contributed by atoms with van der Waals surface area (Å²) in [5.74, 6) is 0. The summed E-state index contributed by atoms with van der Waals surface area (Å²) in [5.41, 5.74) is 3.04. The Kier molecular flexibility index (Phi) is 2.02. The standard InChI is InChI=1S/C10H12N2O/c1-2-9-5-10-4-3-8(7-13)6-12(10)11-9/h3-6,13H,2,7H2,1H3. The van der Waals surface area contributed by atoms with Crippen LogP contribution in [0.4, 0.5) is 0 Å². The molecule has 0 aliphatic heterocycles. The molecule has 0 saturated heterocycles. The summed E-state index contributed by atoms with van der Waals surface area (Å²) in [7, 11) is 0. The molecule has 0 spiro atoms. The summed E-state index contributed by atoms with van der Waals surface area (Å²) < 4.78 is 1.81.